The average Bonchev–Trinajstić information content (AvgIpc) is 2.99. The fourth-order valence-electron chi connectivity index (χ4n) is 6.80. The van der Waals surface area contributed by atoms with Crippen molar-refractivity contribution in [1.29, 1.82) is 0 Å². The first-order valence-electron chi connectivity index (χ1n) is 13.4. The topological polar surface area (TPSA) is 12.0 Å². The Bertz CT molecular complexity index is 753. The van der Waals surface area contributed by atoms with Crippen LogP contribution in [0.4, 0.5) is 0 Å². The summed E-state index contributed by atoms with van der Waals surface area (Å²) in [5.41, 5.74) is 0.264. The van der Waals surface area contributed by atoms with Gasteiger partial charge in [-0.05, 0) is 11.0 Å². The predicted octanol–water partition coefficient (Wildman–Crippen LogP) is 7.91. The van der Waals surface area contributed by atoms with Gasteiger partial charge in [-0.1, -0.05) is 62.8 Å². The fraction of sp³-hybridized carbons (Fsp3) is 0.724. The van der Waals surface area contributed by atoms with Crippen LogP contribution in [0.5, 0.6) is 0 Å². The smallest absolute Gasteiger partial charge is 0.0149 e. The minimum Gasteiger partial charge on any atom is -0.0149 e. The summed E-state index contributed by atoms with van der Waals surface area (Å²) < 4.78 is 5.09. The molecule has 5 atom stereocenters. The van der Waals surface area contributed by atoms with Crippen molar-refractivity contribution < 1.29 is 16.8 Å². The number of nitrogens with one attached hydrogen (secondary N) is 1. The molecule has 2 saturated carbocycles. The Balaban J connectivity index is 0.000000386. The molecule has 0 aromatic rings. The number of hydrogen-bond acceptors (Lipinski definition) is 1. The van der Waals surface area contributed by atoms with Gasteiger partial charge in [0.2, 0.25) is 0 Å². The van der Waals surface area contributed by atoms with E-state index >= 15 is 0 Å². The molecule has 0 bridgehead atoms. The van der Waals surface area contributed by atoms with Gasteiger partial charge in [0.05, 0.1) is 16.1 Å². The van der Waals surface area contributed by atoms with E-state index in [0.29, 0.717) is 0 Å². The summed E-state index contributed by atoms with van der Waals surface area (Å²) in [5, 5.41) is 8.00. The van der Waals surface area contributed by atoms with Crippen molar-refractivity contribution in [1.82, 2.24) is 3.80 Å². The van der Waals surface area contributed by atoms with E-state index in [2.05, 4.69) is 112 Å². The molecule has 0 aromatic heterocycles. The molecule has 0 heterocycles. The van der Waals surface area contributed by atoms with Gasteiger partial charge in [-0.15, -0.1) is 0 Å². The van der Waals surface area contributed by atoms with E-state index in [1.54, 1.807) is 0 Å². The Morgan fingerprint density at radius 2 is 1.21 bits per heavy atom. The largest absolute Gasteiger partial charge is 0.0149 e. The van der Waals surface area contributed by atoms with Crippen molar-refractivity contribution in [2.24, 2.45) is 23.7 Å². The van der Waals surface area contributed by atoms with Crippen LogP contribution in [0.1, 0.15) is 46.5 Å². The van der Waals surface area contributed by atoms with Crippen LogP contribution in [0.15, 0.2) is 47.9 Å². The molecule has 0 spiro atoms. The van der Waals surface area contributed by atoms with Crippen LogP contribution in [-0.2, 0) is 16.8 Å². The van der Waals surface area contributed by atoms with Crippen molar-refractivity contribution in [2.75, 3.05) is 0 Å². The van der Waals surface area contributed by atoms with Crippen molar-refractivity contribution in [3.63, 3.8) is 0 Å². The molecule has 1 nitrogen and oxygen atoms in total. The molecule has 1 N–H and O–H groups in total. The van der Waals surface area contributed by atoms with E-state index in [1.165, 1.54) is 36.1 Å². The van der Waals surface area contributed by atoms with Crippen molar-refractivity contribution >= 4 is 27.1 Å². The zero-order valence-corrected chi connectivity index (χ0v) is 27.5. The first kappa shape index (κ1) is 32.3. The van der Waals surface area contributed by atoms with E-state index in [4.69, 9.17) is 0 Å². The van der Waals surface area contributed by atoms with Crippen LogP contribution in [0, 0.1) is 23.7 Å². The quantitative estimate of drug-likeness (QED) is 0.269. The monoisotopic (exact) mass is 553 g/mol. The molecule has 0 amide bonds. The Morgan fingerprint density at radius 3 is 1.62 bits per heavy atom. The van der Waals surface area contributed by atoms with E-state index in [1.807, 2.05) is 0 Å². The zero-order chi connectivity index (χ0) is 25.4. The molecule has 0 radical (unpaired) electrons. The van der Waals surface area contributed by atoms with Gasteiger partial charge in [0.15, 0.2) is 0 Å². The van der Waals surface area contributed by atoms with Crippen LogP contribution in [0.3, 0.4) is 0 Å². The van der Waals surface area contributed by atoms with Crippen LogP contribution < -0.4 is 3.80 Å². The Kier molecular flexibility index (Phi) is 11.2. The molecule has 0 saturated heterocycles. The van der Waals surface area contributed by atoms with Crippen molar-refractivity contribution in [3.8, 4) is 0 Å². The SMILES string of the molecule is C=C(C(=C)[Si](C)(C)C)[Si](C)(C)C.CC(C)(C)[NH][Ti]([CH3])([CH3])[CH]1C2C=CC=CC2C2CCCCC21.[SiH4]. The van der Waals surface area contributed by atoms with Crippen LogP contribution >= 0.6 is 0 Å². The Labute approximate surface area is 224 Å². The molecule has 2 fully saturated rings. The Hall–Kier alpha value is 0.285. The molecule has 3 aliphatic carbocycles. The van der Waals surface area contributed by atoms with E-state index < -0.39 is 33.0 Å². The van der Waals surface area contributed by atoms with Gasteiger partial charge in [-0.25, -0.2) is 0 Å². The molecule has 5 unspecified atom stereocenters. The average molecular weight is 554 g/mol. The molecule has 3 rings (SSSR count). The summed E-state index contributed by atoms with van der Waals surface area (Å²) in [5.74, 6) is 3.64. The molecule has 196 valence electrons. The third kappa shape index (κ3) is 8.15. The molecule has 0 aliphatic heterocycles. The van der Waals surface area contributed by atoms with Gasteiger partial charge in [0, 0.05) is 0 Å². The number of rotatable bonds is 5. The summed E-state index contributed by atoms with van der Waals surface area (Å²) in [6.07, 6.45) is 15.6. The summed E-state index contributed by atoms with van der Waals surface area (Å²) in [4.78, 5) is 0. The first-order valence-corrected chi connectivity index (χ1v) is 25.2. The van der Waals surface area contributed by atoms with Crippen molar-refractivity contribution in [2.45, 2.75) is 106 Å². The second-order valence-electron chi connectivity index (χ2n) is 14.6. The van der Waals surface area contributed by atoms with Crippen LogP contribution in [0.25, 0.3) is 0 Å². The predicted molar refractivity (Wildman–Crippen MR) is 165 cm³/mol. The van der Waals surface area contributed by atoms with E-state index in [-0.39, 0.29) is 16.5 Å². The van der Waals surface area contributed by atoms with Gasteiger partial charge in [0.25, 0.3) is 0 Å². The molecular formula is C29H59NSi3Ti. The zero-order valence-electron chi connectivity index (χ0n) is 23.9. The van der Waals surface area contributed by atoms with Gasteiger partial charge in [-0.2, -0.15) is 0 Å². The second kappa shape index (κ2) is 11.8. The maximum atomic E-state index is 4.19. The minimum atomic E-state index is -2.04. The number of allylic oxidation sites excluding steroid dienone is 6. The second-order valence-corrected chi connectivity index (χ2v) is 31.6. The van der Waals surface area contributed by atoms with Crippen LogP contribution in [-0.4, -0.2) is 32.7 Å². The van der Waals surface area contributed by atoms with Gasteiger partial charge >= 0.3 is 135 Å². The molecule has 3 aliphatic rings. The molecule has 0 aromatic carbocycles. The number of fused-ring (bicyclic) bond motifs is 3. The molecular weight excluding hydrogens is 494 g/mol. The standard InChI is InChI=1S/C13H17.C10H22Si2.C4H10N.2CH3.H4Si.Ti/c1-3-7-12-10(5-1)9-11-6-2-4-8-13(11)12;1-9(11(3,4)5)10(2)12(6,7)8;1-4(2,3)5;;;;/h1,3,5,7,9-13H,2,4,6,8H2;1-2H2,3-8H3;5H,1-3H3;2*1H3;1H4;/q;;-1;;;;+1. The summed E-state index contributed by atoms with van der Waals surface area (Å²) in [6.45, 7) is 29.4. The third-order valence-corrected chi connectivity index (χ3v) is 18.7. The normalized spacial score (nSPS) is 28.7. The summed E-state index contributed by atoms with van der Waals surface area (Å²) in [7, 11) is -2.39. The maximum absolute atomic E-state index is 4.19. The minimum absolute atomic E-state index is 0. The fourth-order valence-corrected chi connectivity index (χ4v) is 18.5. The Morgan fingerprint density at radius 1 is 0.794 bits per heavy atom. The van der Waals surface area contributed by atoms with E-state index in [0.717, 1.165) is 27.9 Å². The first-order chi connectivity index (χ1) is 14.9. The van der Waals surface area contributed by atoms with Crippen molar-refractivity contribution in [3.05, 3.63) is 47.9 Å². The summed E-state index contributed by atoms with van der Waals surface area (Å²) >= 11 is -2.04. The van der Waals surface area contributed by atoms with E-state index in [9.17, 15) is 0 Å². The van der Waals surface area contributed by atoms with Crippen LogP contribution in [0.2, 0.25) is 54.0 Å². The summed E-state index contributed by atoms with van der Waals surface area (Å²) in [6, 6.07) is 0. The number of hydrogen-bond donors (Lipinski definition) is 1. The maximum Gasteiger partial charge on any atom is -0.0149 e. The van der Waals surface area contributed by atoms with Gasteiger partial charge in [0.1, 0.15) is 0 Å². The molecule has 34 heavy (non-hydrogen) atoms. The van der Waals surface area contributed by atoms with Gasteiger partial charge in [-0.3, -0.25) is 0 Å². The third-order valence-electron chi connectivity index (χ3n) is 8.17. The van der Waals surface area contributed by atoms with Gasteiger partial charge < -0.3 is 0 Å². The molecule has 5 heteroatoms.